The summed E-state index contributed by atoms with van der Waals surface area (Å²) >= 11 is 1.78. The molecule has 0 aliphatic heterocycles. The molecule has 0 aliphatic carbocycles. The van der Waals surface area contributed by atoms with Crippen LogP contribution < -0.4 is 0 Å². The van der Waals surface area contributed by atoms with Gasteiger partial charge in [-0.1, -0.05) is 6.92 Å². The second kappa shape index (κ2) is 5.34. The molecule has 0 unspecified atom stereocenters. The highest BCUT2D eigenvalue weighted by Gasteiger charge is 2.15. The molecule has 0 spiro atoms. The fourth-order valence-corrected chi connectivity index (χ4v) is 3.55. The molecular weight excluding hydrogens is 278 g/mol. The van der Waals surface area contributed by atoms with Crippen LogP contribution in [0.4, 0.5) is 0 Å². The van der Waals surface area contributed by atoms with E-state index in [4.69, 9.17) is 10.2 Å². The van der Waals surface area contributed by atoms with Gasteiger partial charge in [-0.25, -0.2) is 4.98 Å². The Morgan fingerprint density at radius 1 is 1.29 bits per heavy atom. The van der Waals surface area contributed by atoms with Gasteiger partial charge in [0.05, 0.1) is 27.5 Å². The van der Waals surface area contributed by atoms with E-state index in [0.717, 1.165) is 29.8 Å². The fourth-order valence-electron chi connectivity index (χ4n) is 2.52. The summed E-state index contributed by atoms with van der Waals surface area (Å²) in [6.07, 6.45) is 1.06. The van der Waals surface area contributed by atoms with Crippen molar-refractivity contribution in [1.82, 2.24) is 9.55 Å². The first kappa shape index (κ1) is 13.8. The Hall–Kier alpha value is -2.12. The molecule has 2 heterocycles. The molecule has 0 bridgehead atoms. The molecule has 0 radical (unpaired) electrons. The Morgan fingerprint density at radius 2 is 2.10 bits per heavy atom. The van der Waals surface area contributed by atoms with Gasteiger partial charge in [-0.05, 0) is 50.1 Å². The number of nitrogens with zero attached hydrogens (tertiary/aromatic N) is 3. The van der Waals surface area contributed by atoms with Gasteiger partial charge in [0, 0.05) is 11.4 Å². The molecule has 21 heavy (non-hydrogen) atoms. The molecule has 2 aromatic heterocycles. The van der Waals surface area contributed by atoms with Gasteiger partial charge in [0.1, 0.15) is 0 Å². The Bertz CT molecular complexity index is 829. The number of fused-ring (bicyclic) bond motifs is 1. The fraction of sp³-hybridized carbons (Fsp3) is 0.294. The Morgan fingerprint density at radius 3 is 2.71 bits per heavy atom. The minimum Gasteiger partial charge on any atom is -0.323 e. The molecule has 4 heteroatoms. The molecular formula is C17H17N3S. The number of imidazole rings is 1. The number of hydrogen-bond donors (Lipinski definition) is 0. The number of hydrogen-bond acceptors (Lipinski definition) is 3. The minimum absolute atomic E-state index is 0.661. The SMILES string of the molecule is CCCn1c(-c2cc(C)c(C)s2)nc2cc(C#N)ccc21. The van der Waals surface area contributed by atoms with Gasteiger partial charge < -0.3 is 4.57 Å². The highest BCUT2D eigenvalue weighted by atomic mass is 32.1. The third-order valence-corrected chi connectivity index (χ3v) is 4.86. The molecule has 0 amide bonds. The molecule has 0 N–H and O–H groups in total. The first-order chi connectivity index (χ1) is 10.1. The highest BCUT2D eigenvalue weighted by molar-refractivity contribution is 7.15. The van der Waals surface area contributed by atoms with Crippen LogP contribution in [0.3, 0.4) is 0 Å². The van der Waals surface area contributed by atoms with Crippen LogP contribution in [-0.2, 0) is 6.54 Å². The topological polar surface area (TPSA) is 41.6 Å². The zero-order chi connectivity index (χ0) is 15.0. The van der Waals surface area contributed by atoms with E-state index < -0.39 is 0 Å². The molecule has 1 aromatic carbocycles. The number of nitriles is 1. The average Bonchev–Trinajstić information content (AvgIpc) is 3.00. The molecule has 0 saturated carbocycles. The Kier molecular flexibility index (Phi) is 3.52. The van der Waals surface area contributed by atoms with E-state index in [1.165, 1.54) is 15.3 Å². The van der Waals surface area contributed by atoms with Crippen molar-refractivity contribution in [2.45, 2.75) is 33.7 Å². The van der Waals surface area contributed by atoms with Gasteiger partial charge in [0.2, 0.25) is 0 Å². The summed E-state index contributed by atoms with van der Waals surface area (Å²) in [5.74, 6) is 1.02. The summed E-state index contributed by atoms with van der Waals surface area (Å²) < 4.78 is 2.27. The first-order valence-corrected chi connectivity index (χ1v) is 7.93. The highest BCUT2D eigenvalue weighted by Crippen LogP contribution is 2.32. The van der Waals surface area contributed by atoms with Crippen molar-refractivity contribution in [2.75, 3.05) is 0 Å². The van der Waals surface area contributed by atoms with E-state index in [1.54, 1.807) is 11.3 Å². The summed E-state index contributed by atoms with van der Waals surface area (Å²) in [6, 6.07) is 10.1. The third kappa shape index (κ3) is 2.34. The zero-order valence-corrected chi connectivity index (χ0v) is 13.3. The van der Waals surface area contributed by atoms with Crippen LogP contribution in [0.5, 0.6) is 0 Å². The molecule has 0 aliphatic rings. The molecule has 0 atom stereocenters. The molecule has 3 nitrogen and oxygen atoms in total. The lowest BCUT2D eigenvalue weighted by Crippen LogP contribution is -1.98. The van der Waals surface area contributed by atoms with Gasteiger partial charge in [-0.2, -0.15) is 5.26 Å². The minimum atomic E-state index is 0.661. The summed E-state index contributed by atoms with van der Waals surface area (Å²) in [5.41, 5.74) is 3.98. The number of benzene rings is 1. The monoisotopic (exact) mass is 295 g/mol. The smallest absolute Gasteiger partial charge is 0.151 e. The van der Waals surface area contributed by atoms with E-state index in [-0.39, 0.29) is 0 Å². The maximum absolute atomic E-state index is 9.05. The standard InChI is InChI=1S/C17H17N3S/c1-4-7-20-15-6-5-13(10-18)9-14(15)19-17(20)16-8-11(2)12(3)21-16/h5-6,8-9H,4,7H2,1-3H3. The molecule has 3 aromatic rings. The lowest BCUT2D eigenvalue weighted by molar-refractivity contribution is 0.705. The number of aryl methyl sites for hydroxylation is 3. The second-order valence-corrected chi connectivity index (χ2v) is 6.51. The van der Waals surface area contributed by atoms with E-state index in [0.29, 0.717) is 5.56 Å². The number of aromatic nitrogens is 2. The van der Waals surface area contributed by atoms with Crippen molar-refractivity contribution >= 4 is 22.4 Å². The van der Waals surface area contributed by atoms with Crippen molar-refractivity contribution in [2.24, 2.45) is 0 Å². The van der Waals surface area contributed by atoms with Crippen LogP contribution in [0.25, 0.3) is 21.7 Å². The largest absolute Gasteiger partial charge is 0.323 e. The maximum atomic E-state index is 9.05. The molecule has 0 fully saturated rings. The zero-order valence-electron chi connectivity index (χ0n) is 12.5. The Balaban J connectivity index is 2.25. The number of thiophene rings is 1. The van der Waals surface area contributed by atoms with Crippen LogP contribution in [0.2, 0.25) is 0 Å². The van der Waals surface area contributed by atoms with Crippen molar-refractivity contribution in [3.8, 4) is 16.8 Å². The lowest BCUT2D eigenvalue weighted by atomic mass is 10.2. The van der Waals surface area contributed by atoms with Crippen LogP contribution in [0.15, 0.2) is 24.3 Å². The number of rotatable bonds is 3. The lowest BCUT2D eigenvalue weighted by Gasteiger charge is -2.06. The molecule has 3 rings (SSSR count). The second-order valence-electron chi connectivity index (χ2n) is 5.25. The van der Waals surface area contributed by atoms with Crippen molar-refractivity contribution < 1.29 is 0 Å². The van der Waals surface area contributed by atoms with Gasteiger partial charge in [0.25, 0.3) is 0 Å². The predicted molar refractivity (Wildman–Crippen MR) is 87.5 cm³/mol. The van der Waals surface area contributed by atoms with E-state index in [9.17, 15) is 0 Å². The van der Waals surface area contributed by atoms with Gasteiger partial charge in [-0.3, -0.25) is 0 Å². The van der Waals surface area contributed by atoms with E-state index >= 15 is 0 Å². The van der Waals surface area contributed by atoms with Crippen LogP contribution in [0.1, 0.15) is 29.3 Å². The third-order valence-electron chi connectivity index (χ3n) is 3.71. The normalized spacial score (nSPS) is 11.0. The predicted octanol–water partition coefficient (Wildman–Crippen LogP) is 4.66. The summed E-state index contributed by atoms with van der Waals surface area (Å²) in [7, 11) is 0. The van der Waals surface area contributed by atoms with Crippen LogP contribution >= 0.6 is 11.3 Å². The first-order valence-electron chi connectivity index (χ1n) is 7.12. The van der Waals surface area contributed by atoms with Gasteiger partial charge in [0.15, 0.2) is 5.82 Å². The van der Waals surface area contributed by atoms with Crippen molar-refractivity contribution in [1.29, 1.82) is 5.26 Å². The van der Waals surface area contributed by atoms with Crippen LogP contribution in [-0.4, -0.2) is 9.55 Å². The van der Waals surface area contributed by atoms with Crippen molar-refractivity contribution in [3.05, 3.63) is 40.3 Å². The van der Waals surface area contributed by atoms with Gasteiger partial charge in [-0.15, -0.1) is 11.3 Å². The average molecular weight is 295 g/mol. The quantitative estimate of drug-likeness (QED) is 0.705. The van der Waals surface area contributed by atoms with Gasteiger partial charge >= 0.3 is 0 Å². The van der Waals surface area contributed by atoms with Crippen molar-refractivity contribution in [3.63, 3.8) is 0 Å². The van der Waals surface area contributed by atoms with E-state index in [2.05, 4.69) is 37.5 Å². The van der Waals surface area contributed by atoms with Crippen LogP contribution in [0, 0.1) is 25.2 Å². The molecule has 106 valence electrons. The Labute approximate surface area is 128 Å². The van der Waals surface area contributed by atoms with E-state index in [1.807, 2.05) is 18.2 Å². The summed E-state index contributed by atoms with van der Waals surface area (Å²) in [5, 5.41) is 9.05. The molecule has 0 saturated heterocycles. The summed E-state index contributed by atoms with van der Waals surface area (Å²) in [6.45, 7) is 7.39. The maximum Gasteiger partial charge on any atom is 0.151 e. The summed E-state index contributed by atoms with van der Waals surface area (Å²) in [4.78, 5) is 7.32.